The van der Waals surface area contributed by atoms with Gasteiger partial charge < -0.3 is 4.98 Å². The van der Waals surface area contributed by atoms with Crippen LogP contribution in [0.4, 0.5) is 0 Å². The lowest BCUT2D eigenvalue weighted by atomic mass is 10.1. The first-order valence-electron chi connectivity index (χ1n) is 7.60. The minimum Gasteiger partial charge on any atom is -0.340 e. The number of nitrogens with one attached hydrogen (secondary N) is 1. The molecule has 0 atom stereocenters. The number of pyridine rings is 2. The number of thiol groups is 1. The fourth-order valence-electron chi connectivity index (χ4n) is 2.38. The van der Waals surface area contributed by atoms with E-state index in [2.05, 4.69) is 33.8 Å². The van der Waals surface area contributed by atoms with Gasteiger partial charge in [0.1, 0.15) is 16.4 Å². The zero-order chi connectivity index (χ0) is 17.1. The molecule has 0 amide bonds. The average Bonchev–Trinajstić information content (AvgIpc) is 3.05. The van der Waals surface area contributed by atoms with E-state index in [1.54, 1.807) is 18.6 Å². The second-order valence-corrected chi connectivity index (χ2v) is 6.83. The van der Waals surface area contributed by atoms with Gasteiger partial charge in [0.15, 0.2) is 5.82 Å². The Balaban J connectivity index is 1.95. The zero-order valence-electron chi connectivity index (χ0n) is 13.4. The Morgan fingerprint density at radius 3 is 2.62 bits per heavy atom. The molecule has 3 rings (SSSR count). The predicted octanol–water partition coefficient (Wildman–Crippen LogP) is 2.77. The van der Waals surface area contributed by atoms with Gasteiger partial charge in [-0.1, -0.05) is 13.8 Å². The highest BCUT2D eigenvalue weighted by Gasteiger charge is 2.09. The second-order valence-electron chi connectivity index (χ2n) is 5.84. The van der Waals surface area contributed by atoms with Gasteiger partial charge in [0.25, 0.3) is 0 Å². The number of hydrogen-bond donors (Lipinski definition) is 2. The summed E-state index contributed by atoms with van der Waals surface area (Å²) in [6, 6.07) is 5.62. The van der Waals surface area contributed by atoms with Crippen molar-refractivity contribution in [2.75, 3.05) is 0 Å². The summed E-state index contributed by atoms with van der Waals surface area (Å²) in [5.74, 6) is 1.07. The lowest BCUT2D eigenvalue weighted by Gasteiger charge is -2.05. The summed E-state index contributed by atoms with van der Waals surface area (Å²) < 4.78 is 21.8. The standard InChI is InChI=1S/C17H18N4O2S/c1-11(2)16-9-20-17(21-16)15-6-13(3-4-19-15)14-5-12(7-18-8-14)10-24(22)23/h3-9,11,24H,10H2,1-2H3,(H,20,21). The van der Waals surface area contributed by atoms with Crippen molar-refractivity contribution in [3.63, 3.8) is 0 Å². The molecule has 0 radical (unpaired) electrons. The Morgan fingerprint density at radius 1 is 1.08 bits per heavy atom. The Morgan fingerprint density at radius 2 is 1.92 bits per heavy atom. The van der Waals surface area contributed by atoms with Crippen LogP contribution < -0.4 is 0 Å². The Hall–Kier alpha value is -2.54. The number of aromatic nitrogens is 4. The molecular formula is C17H18N4O2S. The molecule has 3 aromatic heterocycles. The summed E-state index contributed by atoms with van der Waals surface area (Å²) in [6.45, 7) is 4.19. The van der Waals surface area contributed by atoms with Gasteiger partial charge in [0.05, 0.1) is 5.75 Å². The molecule has 124 valence electrons. The average molecular weight is 342 g/mol. The highest BCUT2D eigenvalue weighted by molar-refractivity contribution is 7.71. The number of hydrogen-bond acceptors (Lipinski definition) is 5. The van der Waals surface area contributed by atoms with Crippen LogP contribution in [0.3, 0.4) is 0 Å². The van der Waals surface area contributed by atoms with E-state index < -0.39 is 10.7 Å². The molecule has 1 N–H and O–H groups in total. The monoisotopic (exact) mass is 342 g/mol. The van der Waals surface area contributed by atoms with Crippen molar-refractivity contribution in [1.82, 2.24) is 19.9 Å². The molecule has 0 aromatic carbocycles. The van der Waals surface area contributed by atoms with E-state index in [4.69, 9.17) is 0 Å². The molecule has 0 saturated carbocycles. The van der Waals surface area contributed by atoms with Crippen LogP contribution in [-0.4, -0.2) is 28.4 Å². The fourth-order valence-corrected chi connectivity index (χ4v) is 2.85. The summed E-state index contributed by atoms with van der Waals surface area (Å²) in [4.78, 5) is 16.2. The molecule has 3 heterocycles. The molecule has 24 heavy (non-hydrogen) atoms. The van der Waals surface area contributed by atoms with Gasteiger partial charge in [-0.3, -0.25) is 9.97 Å². The maximum absolute atomic E-state index is 10.9. The summed E-state index contributed by atoms with van der Waals surface area (Å²) in [5, 5.41) is 0. The first-order valence-corrected chi connectivity index (χ1v) is 8.96. The minimum absolute atomic E-state index is 0.00987. The van der Waals surface area contributed by atoms with Crippen molar-refractivity contribution in [3.8, 4) is 22.6 Å². The third-order valence-corrected chi connectivity index (χ3v) is 4.28. The van der Waals surface area contributed by atoms with Crippen LogP contribution >= 0.6 is 0 Å². The number of H-pyrrole nitrogens is 1. The minimum atomic E-state index is -2.47. The lowest BCUT2D eigenvalue weighted by molar-refractivity contribution is 0.614. The Labute approximate surface area is 142 Å². The van der Waals surface area contributed by atoms with Crippen LogP contribution in [0.15, 0.2) is 43.0 Å². The van der Waals surface area contributed by atoms with Gasteiger partial charge in [-0.05, 0) is 35.2 Å². The third-order valence-electron chi connectivity index (χ3n) is 3.66. The van der Waals surface area contributed by atoms with E-state index in [1.807, 2.05) is 24.4 Å². The first-order chi connectivity index (χ1) is 11.5. The highest BCUT2D eigenvalue weighted by atomic mass is 32.2. The molecule has 0 bridgehead atoms. The third kappa shape index (κ3) is 3.68. The van der Waals surface area contributed by atoms with Crippen LogP contribution in [0, 0.1) is 0 Å². The van der Waals surface area contributed by atoms with E-state index in [9.17, 15) is 8.42 Å². The molecule has 0 saturated heterocycles. The number of aromatic amines is 1. The van der Waals surface area contributed by atoms with Crippen LogP contribution in [0.25, 0.3) is 22.6 Å². The molecular weight excluding hydrogens is 324 g/mol. The first kappa shape index (κ1) is 16.3. The number of rotatable bonds is 5. The Bertz CT molecular complexity index is 924. The number of imidazole rings is 1. The van der Waals surface area contributed by atoms with Gasteiger partial charge >= 0.3 is 0 Å². The quantitative estimate of drug-likeness (QED) is 0.696. The topological polar surface area (TPSA) is 88.6 Å². The van der Waals surface area contributed by atoms with Crippen LogP contribution in [0.2, 0.25) is 0 Å². The zero-order valence-corrected chi connectivity index (χ0v) is 14.3. The predicted molar refractivity (Wildman–Crippen MR) is 93.2 cm³/mol. The van der Waals surface area contributed by atoms with Crippen molar-refractivity contribution in [2.45, 2.75) is 25.5 Å². The summed E-state index contributed by atoms with van der Waals surface area (Å²) in [6.07, 6.45) is 6.81. The molecule has 6 nitrogen and oxygen atoms in total. The molecule has 0 spiro atoms. The van der Waals surface area contributed by atoms with Gasteiger partial charge in [-0.2, -0.15) is 0 Å². The van der Waals surface area contributed by atoms with Crippen molar-refractivity contribution in [3.05, 3.63) is 54.2 Å². The van der Waals surface area contributed by atoms with Crippen molar-refractivity contribution in [1.29, 1.82) is 0 Å². The fraction of sp³-hybridized carbons (Fsp3) is 0.235. The molecule has 0 aliphatic rings. The molecule has 3 aromatic rings. The molecule has 0 aliphatic carbocycles. The van der Waals surface area contributed by atoms with Gasteiger partial charge in [-0.25, -0.2) is 13.4 Å². The van der Waals surface area contributed by atoms with Crippen LogP contribution in [0.1, 0.15) is 31.0 Å². The van der Waals surface area contributed by atoms with E-state index in [0.717, 1.165) is 22.5 Å². The van der Waals surface area contributed by atoms with E-state index in [0.29, 0.717) is 17.3 Å². The van der Waals surface area contributed by atoms with Gasteiger partial charge in [0, 0.05) is 36.0 Å². The van der Waals surface area contributed by atoms with Crippen LogP contribution in [-0.2, 0) is 16.5 Å². The van der Waals surface area contributed by atoms with E-state index in [-0.39, 0.29) is 5.75 Å². The maximum Gasteiger partial charge on any atom is 0.156 e. The van der Waals surface area contributed by atoms with Crippen molar-refractivity contribution in [2.24, 2.45) is 0 Å². The smallest absolute Gasteiger partial charge is 0.156 e. The summed E-state index contributed by atoms with van der Waals surface area (Å²) in [7, 11) is -2.47. The Kier molecular flexibility index (Phi) is 4.71. The normalized spacial score (nSPS) is 11.3. The SMILES string of the molecule is CC(C)c1cnc(-c2cc(-c3cncc(C[SH](=O)=O)c3)ccn2)[nH]1. The van der Waals surface area contributed by atoms with Gasteiger partial charge in [0.2, 0.25) is 0 Å². The van der Waals surface area contributed by atoms with Gasteiger partial charge in [-0.15, -0.1) is 0 Å². The largest absolute Gasteiger partial charge is 0.340 e. The van der Waals surface area contributed by atoms with E-state index >= 15 is 0 Å². The van der Waals surface area contributed by atoms with Crippen LogP contribution in [0.5, 0.6) is 0 Å². The molecule has 0 fully saturated rings. The van der Waals surface area contributed by atoms with Crippen molar-refractivity contribution >= 4 is 10.7 Å². The molecule has 0 unspecified atom stereocenters. The lowest BCUT2D eigenvalue weighted by Crippen LogP contribution is -1.92. The summed E-state index contributed by atoms with van der Waals surface area (Å²) in [5.41, 5.74) is 4.23. The molecule has 7 heteroatoms. The van der Waals surface area contributed by atoms with E-state index in [1.165, 1.54) is 0 Å². The number of nitrogens with zero attached hydrogens (tertiary/aromatic N) is 3. The summed E-state index contributed by atoms with van der Waals surface area (Å²) >= 11 is 0. The van der Waals surface area contributed by atoms with Crippen molar-refractivity contribution < 1.29 is 8.42 Å². The molecule has 0 aliphatic heterocycles. The maximum atomic E-state index is 10.9. The highest BCUT2D eigenvalue weighted by Crippen LogP contribution is 2.24. The second kappa shape index (κ2) is 6.92.